The standard InChI is InChI=1S/C8H13IO3/c1-12-6(9)8(7(10)11)4-2-3-5-8/h6H,2-5H2,1H3,(H,10,11). The second-order valence-corrected chi connectivity index (χ2v) is 4.35. The molecule has 1 rings (SSSR count). The number of halogens is 1. The zero-order valence-electron chi connectivity index (χ0n) is 7.05. The number of carbonyl (C=O) groups is 1. The molecule has 0 bridgehead atoms. The van der Waals surface area contributed by atoms with Gasteiger partial charge in [-0.05, 0) is 35.4 Å². The summed E-state index contributed by atoms with van der Waals surface area (Å²) in [6.45, 7) is 0. The van der Waals surface area contributed by atoms with Crippen LogP contribution < -0.4 is 0 Å². The first-order valence-corrected chi connectivity index (χ1v) is 5.28. The lowest BCUT2D eigenvalue weighted by molar-refractivity contribution is -0.152. The molecule has 12 heavy (non-hydrogen) atoms. The fraction of sp³-hybridized carbons (Fsp3) is 0.875. The third kappa shape index (κ3) is 1.59. The molecule has 4 heteroatoms. The van der Waals surface area contributed by atoms with E-state index in [-0.39, 0.29) is 4.11 Å². The molecule has 1 N–H and O–H groups in total. The first-order valence-electron chi connectivity index (χ1n) is 4.04. The molecule has 1 unspecified atom stereocenters. The summed E-state index contributed by atoms with van der Waals surface area (Å²) in [4.78, 5) is 11.0. The van der Waals surface area contributed by atoms with Gasteiger partial charge in [0.25, 0.3) is 0 Å². The summed E-state index contributed by atoms with van der Waals surface area (Å²) in [5.74, 6) is -0.707. The molecule has 0 aromatic carbocycles. The third-order valence-electron chi connectivity index (χ3n) is 2.56. The summed E-state index contributed by atoms with van der Waals surface area (Å²) in [5, 5.41) is 9.08. The van der Waals surface area contributed by atoms with Crippen LogP contribution in [0.15, 0.2) is 0 Å². The van der Waals surface area contributed by atoms with Crippen LogP contribution in [-0.4, -0.2) is 22.3 Å². The van der Waals surface area contributed by atoms with E-state index in [9.17, 15) is 4.79 Å². The Bertz CT molecular complexity index is 175. The second-order valence-electron chi connectivity index (χ2n) is 3.22. The van der Waals surface area contributed by atoms with Crippen molar-refractivity contribution >= 4 is 28.6 Å². The van der Waals surface area contributed by atoms with Crippen LogP contribution in [0.5, 0.6) is 0 Å². The van der Waals surface area contributed by atoms with Gasteiger partial charge in [0, 0.05) is 7.11 Å². The van der Waals surface area contributed by atoms with Gasteiger partial charge < -0.3 is 9.84 Å². The van der Waals surface area contributed by atoms with E-state index in [1.807, 2.05) is 0 Å². The van der Waals surface area contributed by atoms with Crippen molar-refractivity contribution in [3.63, 3.8) is 0 Å². The van der Waals surface area contributed by atoms with Crippen molar-refractivity contribution in [3.05, 3.63) is 0 Å². The molecule has 0 amide bonds. The number of rotatable bonds is 3. The zero-order valence-corrected chi connectivity index (χ0v) is 9.20. The average Bonchev–Trinajstić information content (AvgIpc) is 2.52. The number of hydrogen-bond donors (Lipinski definition) is 1. The summed E-state index contributed by atoms with van der Waals surface area (Å²) < 4.78 is 4.91. The molecule has 0 heterocycles. The first-order chi connectivity index (χ1) is 5.63. The van der Waals surface area contributed by atoms with Gasteiger partial charge in [-0.25, -0.2) is 0 Å². The summed E-state index contributed by atoms with van der Waals surface area (Å²) in [7, 11) is 1.57. The van der Waals surface area contributed by atoms with E-state index in [0.29, 0.717) is 0 Å². The van der Waals surface area contributed by atoms with Crippen LogP contribution in [-0.2, 0) is 9.53 Å². The molecule has 0 aromatic heterocycles. The number of carboxylic acid groups (broad SMARTS) is 1. The summed E-state index contributed by atoms with van der Waals surface area (Å²) in [6.07, 6.45) is 3.53. The van der Waals surface area contributed by atoms with Crippen LogP contribution in [0.25, 0.3) is 0 Å². The number of methoxy groups -OCH3 is 1. The Morgan fingerprint density at radius 2 is 2.08 bits per heavy atom. The highest BCUT2D eigenvalue weighted by molar-refractivity contribution is 14.1. The Kier molecular flexibility index (Phi) is 3.34. The van der Waals surface area contributed by atoms with Crippen molar-refractivity contribution in [2.75, 3.05) is 7.11 Å². The molecule has 70 valence electrons. The highest BCUT2D eigenvalue weighted by Crippen LogP contribution is 2.44. The maximum atomic E-state index is 11.0. The highest BCUT2D eigenvalue weighted by Gasteiger charge is 2.47. The maximum absolute atomic E-state index is 11.0. The van der Waals surface area contributed by atoms with Gasteiger partial charge >= 0.3 is 5.97 Å². The molecule has 3 nitrogen and oxygen atoms in total. The van der Waals surface area contributed by atoms with Gasteiger partial charge in [0.2, 0.25) is 0 Å². The van der Waals surface area contributed by atoms with Crippen LogP contribution >= 0.6 is 22.6 Å². The Labute approximate surface area is 85.6 Å². The number of alkyl halides is 1. The Morgan fingerprint density at radius 1 is 1.58 bits per heavy atom. The van der Waals surface area contributed by atoms with Gasteiger partial charge in [0.15, 0.2) is 0 Å². The summed E-state index contributed by atoms with van der Waals surface area (Å²) in [5.41, 5.74) is -0.616. The van der Waals surface area contributed by atoms with E-state index in [2.05, 4.69) is 22.6 Å². The molecule has 0 spiro atoms. The number of carboxylic acids is 1. The highest BCUT2D eigenvalue weighted by atomic mass is 127. The Hall–Kier alpha value is 0.160. The van der Waals surface area contributed by atoms with E-state index in [4.69, 9.17) is 9.84 Å². The van der Waals surface area contributed by atoms with Gasteiger partial charge in [-0.1, -0.05) is 12.8 Å². The smallest absolute Gasteiger partial charge is 0.313 e. The number of aliphatic carboxylic acids is 1. The van der Waals surface area contributed by atoms with Gasteiger partial charge in [-0.2, -0.15) is 0 Å². The van der Waals surface area contributed by atoms with Crippen molar-refractivity contribution in [2.24, 2.45) is 5.41 Å². The second kappa shape index (κ2) is 3.91. The summed E-state index contributed by atoms with van der Waals surface area (Å²) in [6, 6.07) is 0. The van der Waals surface area contributed by atoms with Gasteiger partial charge in [-0.3, -0.25) is 4.79 Å². The van der Waals surface area contributed by atoms with E-state index in [1.165, 1.54) is 0 Å². The Balaban J connectivity index is 2.78. The molecular weight excluding hydrogens is 271 g/mol. The van der Waals surface area contributed by atoms with Crippen LogP contribution in [0.2, 0.25) is 0 Å². The summed E-state index contributed by atoms with van der Waals surface area (Å²) >= 11 is 2.07. The van der Waals surface area contributed by atoms with Crippen molar-refractivity contribution in [1.29, 1.82) is 0 Å². The van der Waals surface area contributed by atoms with Crippen LogP contribution in [0, 0.1) is 5.41 Å². The molecule has 1 aliphatic rings. The molecule has 0 saturated heterocycles. The normalized spacial score (nSPS) is 23.8. The lowest BCUT2D eigenvalue weighted by atomic mass is 9.87. The molecule has 0 aliphatic heterocycles. The van der Waals surface area contributed by atoms with Crippen LogP contribution in [0.4, 0.5) is 0 Å². The first kappa shape index (κ1) is 10.2. The Morgan fingerprint density at radius 3 is 2.42 bits per heavy atom. The minimum absolute atomic E-state index is 0.199. The average molecular weight is 284 g/mol. The fourth-order valence-electron chi connectivity index (χ4n) is 1.77. The van der Waals surface area contributed by atoms with E-state index in [1.54, 1.807) is 7.11 Å². The van der Waals surface area contributed by atoms with Crippen molar-refractivity contribution in [1.82, 2.24) is 0 Å². The van der Waals surface area contributed by atoms with E-state index >= 15 is 0 Å². The molecule has 1 aliphatic carbocycles. The molecule has 0 aromatic rings. The van der Waals surface area contributed by atoms with Gasteiger partial charge in [-0.15, -0.1) is 0 Å². The van der Waals surface area contributed by atoms with E-state index < -0.39 is 11.4 Å². The van der Waals surface area contributed by atoms with Crippen molar-refractivity contribution < 1.29 is 14.6 Å². The van der Waals surface area contributed by atoms with Crippen LogP contribution in [0.3, 0.4) is 0 Å². The van der Waals surface area contributed by atoms with Gasteiger partial charge in [0.05, 0.1) is 0 Å². The van der Waals surface area contributed by atoms with Gasteiger partial charge in [0.1, 0.15) is 9.53 Å². The molecule has 1 fully saturated rings. The zero-order chi connectivity index (χ0) is 9.19. The topological polar surface area (TPSA) is 46.5 Å². The minimum atomic E-state index is -0.707. The predicted molar refractivity (Wildman–Crippen MR) is 53.4 cm³/mol. The SMILES string of the molecule is COC(I)C1(C(=O)O)CCCC1. The third-order valence-corrected chi connectivity index (χ3v) is 4.26. The molecule has 0 radical (unpaired) electrons. The lowest BCUT2D eigenvalue weighted by Gasteiger charge is -2.28. The van der Waals surface area contributed by atoms with Crippen molar-refractivity contribution in [2.45, 2.75) is 29.8 Å². The number of hydrogen-bond acceptors (Lipinski definition) is 2. The largest absolute Gasteiger partial charge is 0.481 e. The van der Waals surface area contributed by atoms with Crippen molar-refractivity contribution in [3.8, 4) is 0 Å². The monoisotopic (exact) mass is 284 g/mol. The predicted octanol–water partition coefficient (Wildman–Crippen LogP) is 2.04. The van der Waals surface area contributed by atoms with Crippen LogP contribution in [0.1, 0.15) is 25.7 Å². The minimum Gasteiger partial charge on any atom is -0.481 e. The molecular formula is C8H13IO3. The lowest BCUT2D eigenvalue weighted by Crippen LogP contribution is -2.37. The van der Waals surface area contributed by atoms with E-state index in [0.717, 1.165) is 25.7 Å². The maximum Gasteiger partial charge on any atom is 0.313 e. The fourth-order valence-corrected chi connectivity index (χ4v) is 2.66. The number of ether oxygens (including phenoxy) is 1. The quantitative estimate of drug-likeness (QED) is 0.637. The molecule has 1 atom stereocenters. The molecule has 1 saturated carbocycles.